The van der Waals surface area contributed by atoms with Crippen molar-refractivity contribution in [2.24, 2.45) is 0 Å². The van der Waals surface area contributed by atoms with Gasteiger partial charge >= 0.3 is 0 Å². The van der Waals surface area contributed by atoms with Gasteiger partial charge in [-0.1, -0.05) is 41.4 Å². The molecular weight excluding hydrogens is 336 g/mol. The maximum Gasteiger partial charge on any atom is 0.185 e. The van der Waals surface area contributed by atoms with Gasteiger partial charge in [-0.2, -0.15) is 0 Å². The van der Waals surface area contributed by atoms with Crippen molar-refractivity contribution < 1.29 is 13.9 Å². The number of carbonyl (C=O) groups is 1. The molecule has 1 aromatic heterocycles. The highest BCUT2D eigenvalue weighted by atomic mass is 35.5. The van der Waals surface area contributed by atoms with Crippen LogP contribution >= 0.6 is 11.6 Å². The smallest absolute Gasteiger partial charge is 0.185 e. The molecule has 0 aliphatic rings. The lowest BCUT2D eigenvalue weighted by atomic mass is 10.1. The van der Waals surface area contributed by atoms with Crippen LogP contribution in [0.4, 0.5) is 0 Å². The van der Waals surface area contributed by atoms with Crippen LogP contribution in [0.1, 0.15) is 27.4 Å². The van der Waals surface area contributed by atoms with Gasteiger partial charge < -0.3 is 9.15 Å². The van der Waals surface area contributed by atoms with Gasteiger partial charge in [0, 0.05) is 10.6 Å². The van der Waals surface area contributed by atoms with Gasteiger partial charge in [0.25, 0.3) is 0 Å². The van der Waals surface area contributed by atoms with E-state index in [2.05, 4.69) is 0 Å². The molecule has 0 bridgehead atoms. The maximum atomic E-state index is 12.2. The Hall–Kier alpha value is -2.78. The van der Waals surface area contributed by atoms with Gasteiger partial charge in [-0.15, -0.1) is 0 Å². The first-order valence-electron chi connectivity index (χ1n) is 7.86. The summed E-state index contributed by atoms with van der Waals surface area (Å²) in [6, 6.07) is 18.3. The normalized spacial score (nSPS) is 11.0. The van der Waals surface area contributed by atoms with Crippen LogP contribution in [0.25, 0.3) is 6.08 Å². The van der Waals surface area contributed by atoms with Gasteiger partial charge in [-0.25, -0.2) is 0 Å². The van der Waals surface area contributed by atoms with Crippen molar-refractivity contribution in [1.29, 1.82) is 0 Å². The van der Waals surface area contributed by atoms with E-state index in [-0.39, 0.29) is 5.78 Å². The summed E-state index contributed by atoms with van der Waals surface area (Å²) in [5.74, 6) is 1.89. The average molecular weight is 353 g/mol. The minimum absolute atomic E-state index is 0.0585. The summed E-state index contributed by atoms with van der Waals surface area (Å²) in [5.41, 5.74) is 1.71. The summed E-state index contributed by atoms with van der Waals surface area (Å²) in [4.78, 5) is 12.2. The molecule has 0 saturated heterocycles. The molecule has 4 heteroatoms. The van der Waals surface area contributed by atoms with Gasteiger partial charge in [0.05, 0.1) is 0 Å². The zero-order valence-corrected chi connectivity index (χ0v) is 14.5. The third kappa shape index (κ3) is 4.85. The molecule has 0 spiro atoms. The molecular formula is C21H17ClO3. The number of ether oxygens (including phenoxy) is 1. The number of ketones is 1. The average Bonchev–Trinajstić information content (AvgIpc) is 3.06. The molecule has 0 radical (unpaired) electrons. The monoisotopic (exact) mass is 352 g/mol. The van der Waals surface area contributed by atoms with Crippen LogP contribution < -0.4 is 4.74 Å². The van der Waals surface area contributed by atoms with E-state index in [9.17, 15) is 4.79 Å². The minimum atomic E-state index is -0.0585. The van der Waals surface area contributed by atoms with Crippen molar-refractivity contribution in [3.63, 3.8) is 0 Å². The van der Waals surface area contributed by atoms with Crippen LogP contribution in [0.3, 0.4) is 0 Å². The summed E-state index contributed by atoms with van der Waals surface area (Å²) in [6.45, 7) is 2.25. The highest BCUT2D eigenvalue weighted by molar-refractivity contribution is 6.30. The van der Waals surface area contributed by atoms with Gasteiger partial charge in [-0.3, -0.25) is 4.79 Å². The second-order valence-corrected chi connectivity index (χ2v) is 6.05. The Morgan fingerprint density at radius 3 is 2.76 bits per heavy atom. The zero-order valence-electron chi connectivity index (χ0n) is 13.7. The molecule has 2 aromatic carbocycles. The Balaban J connectivity index is 1.60. The van der Waals surface area contributed by atoms with Crippen molar-refractivity contribution >= 4 is 23.5 Å². The molecule has 0 aliphatic heterocycles. The SMILES string of the molecule is Cc1cccc(C(=O)/C=C/c2ccc(COc3cccc(Cl)c3)o2)c1. The molecule has 0 unspecified atom stereocenters. The highest BCUT2D eigenvalue weighted by Crippen LogP contribution is 2.19. The number of halogens is 1. The second-order valence-electron chi connectivity index (χ2n) is 5.62. The minimum Gasteiger partial charge on any atom is -0.486 e. The molecule has 3 aromatic rings. The fourth-order valence-electron chi connectivity index (χ4n) is 2.33. The summed E-state index contributed by atoms with van der Waals surface area (Å²) >= 11 is 5.92. The van der Waals surface area contributed by atoms with Crippen molar-refractivity contribution in [2.75, 3.05) is 0 Å². The van der Waals surface area contributed by atoms with Crippen molar-refractivity contribution in [1.82, 2.24) is 0 Å². The van der Waals surface area contributed by atoms with E-state index < -0.39 is 0 Å². The zero-order chi connectivity index (χ0) is 17.6. The summed E-state index contributed by atoms with van der Waals surface area (Å²) < 4.78 is 11.3. The fourth-order valence-corrected chi connectivity index (χ4v) is 2.51. The summed E-state index contributed by atoms with van der Waals surface area (Å²) in [7, 11) is 0. The van der Waals surface area contributed by atoms with Crippen LogP contribution in [0.15, 0.2) is 71.2 Å². The Morgan fingerprint density at radius 2 is 1.96 bits per heavy atom. The van der Waals surface area contributed by atoms with E-state index in [0.717, 1.165) is 5.56 Å². The van der Waals surface area contributed by atoms with Crippen LogP contribution in [0, 0.1) is 6.92 Å². The van der Waals surface area contributed by atoms with E-state index in [4.69, 9.17) is 20.8 Å². The van der Waals surface area contributed by atoms with Crippen molar-refractivity contribution in [3.05, 3.63) is 94.4 Å². The number of carbonyl (C=O) groups excluding carboxylic acids is 1. The molecule has 0 aliphatic carbocycles. The Morgan fingerprint density at radius 1 is 1.12 bits per heavy atom. The number of hydrogen-bond donors (Lipinski definition) is 0. The van der Waals surface area contributed by atoms with Crippen LogP contribution in [0.5, 0.6) is 5.75 Å². The van der Waals surface area contributed by atoms with Gasteiger partial charge in [-0.05, 0) is 55.5 Å². The van der Waals surface area contributed by atoms with Crippen LogP contribution in [-0.4, -0.2) is 5.78 Å². The number of allylic oxidation sites excluding steroid dienone is 1. The summed E-state index contributed by atoms with van der Waals surface area (Å²) in [5, 5.41) is 0.621. The Labute approximate surface area is 151 Å². The van der Waals surface area contributed by atoms with Crippen molar-refractivity contribution in [3.8, 4) is 5.75 Å². The molecule has 0 fully saturated rings. The van der Waals surface area contributed by atoms with Crippen LogP contribution in [0.2, 0.25) is 5.02 Å². The predicted molar refractivity (Wildman–Crippen MR) is 99.0 cm³/mol. The topological polar surface area (TPSA) is 39.4 Å². The largest absolute Gasteiger partial charge is 0.486 e. The molecule has 126 valence electrons. The molecule has 0 saturated carbocycles. The van der Waals surface area contributed by atoms with Gasteiger partial charge in [0.2, 0.25) is 0 Å². The lowest BCUT2D eigenvalue weighted by Gasteiger charge is -2.03. The third-order valence-electron chi connectivity index (χ3n) is 3.56. The number of rotatable bonds is 6. The van der Waals surface area contributed by atoms with Crippen molar-refractivity contribution in [2.45, 2.75) is 13.5 Å². The Kier molecular flexibility index (Phi) is 5.36. The lowest BCUT2D eigenvalue weighted by molar-refractivity contribution is 0.104. The van der Waals surface area contributed by atoms with Crippen LogP contribution in [-0.2, 0) is 6.61 Å². The van der Waals surface area contributed by atoms with E-state index >= 15 is 0 Å². The first kappa shape index (κ1) is 17.1. The predicted octanol–water partition coefficient (Wildman–Crippen LogP) is 5.72. The first-order valence-corrected chi connectivity index (χ1v) is 8.24. The lowest BCUT2D eigenvalue weighted by Crippen LogP contribution is -1.94. The number of hydrogen-bond acceptors (Lipinski definition) is 3. The second kappa shape index (κ2) is 7.86. The maximum absolute atomic E-state index is 12.2. The molecule has 0 N–H and O–H groups in total. The number of benzene rings is 2. The third-order valence-corrected chi connectivity index (χ3v) is 3.80. The van der Waals surface area contributed by atoms with E-state index in [0.29, 0.717) is 34.5 Å². The van der Waals surface area contributed by atoms with E-state index in [1.807, 2.05) is 43.3 Å². The molecule has 3 nitrogen and oxygen atoms in total. The number of furan rings is 1. The fraction of sp³-hybridized carbons (Fsp3) is 0.0952. The van der Waals surface area contributed by atoms with Gasteiger partial charge in [0.15, 0.2) is 5.78 Å². The van der Waals surface area contributed by atoms with E-state index in [1.54, 1.807) is 30.3 Å². The number of aryl methyl sites for hydroxylation is 1. The molecule has 25 heavy (non-hydrogen) atoms. The molecule has 0 amide bonds. The molecule has 0 atom stereocenters. The van der Waals surface area contributed by atoms with Gasteiger partial charge in [0.1, 0.15) is 23.9 Å². The standard InChI is InChI=1S/C21H17ClO3/c1-15-4-2-5-16(12-15)21(23)11-10-18-8-9-20(25-18)14-24-19-7-3-6-17(22)13-19/h2-13H,14H2,1H3/b11-10+. The molecule has 1 heterocycles. The molecule has 3 rings (SSSR count). The quantitative estimate of drug-likeness (QED) is 0.421. The summed E-state index contributed by atoms with van der Waals surface area (Å²) in [6.07, 6.45) is 3.17. The first-order chi connectivity index (χ1) is 12.1. The Bertz CT molecular complexity index is 909. The van der Waals surface area contributed by atoms with E-state index in [1.165, 1.54) is 6.08 Å². The highest BCUT2D eigenvalue weighted by Gasteiger charge is 2.04.